The summed E-state index contributed by atoms with van der Waals surface area (Å²) in [7, 11) is 0. The van der Waals surface area contributed by atoms with E-state index in [9.17, 15) is 0 Å². The minimum atomic E-state index is 0.478. The highest BCUT2D eigenvalue weighted by Crippen LogP contribution is 2.37. The molecule has 1 fully saturated rings. The number of aromatic nitrogens is 2. The Morgan fingerprint density at radius 1 is 1.73 bits per heavy atom. The van der Waals surface area contributed by atoms with Crippen LogP contribution in [0, 0.1) is 0 Å². The van der Waals surface area contributed by atoms with Crippen LogP contribution in [0.25, 0.3) is 0 Å². The van der Waals surface area contributed by atoms with Crippen molar-refractivity contribution in [2.45, 2.75) is 25.4 Å². The molecular formula is C7H10ClN3. The molecule has 2 N–H and O–H groups in total. The summed E-state index contributed by atoms with van der Waals surface area (Å²) in [5, 5.41) is 4.87. The van der Waals surface area contributed by atoms with Crippen molar-refractivity contribution in [3.05, 3.63) is 16.9 Å². The summed E-state index contributed by atoms with van der Waals surface area (Å²) in [4.78, 5) is 0. The molecule has 1 aliphatic rings. The minimum Gasteiger partial charge on any atom is -0.326 e. The zero-order chi connectivity index (χ0) is 7.84. The number of halogens is 1. The van der Waals surface area contributed by atoms with Gasteiger partial charge in [-0.25, -0.2) is 0 Å². The topological polar surface area (TPSA) is 43.8 Å². The van der Waals surface area contributed by atoms with Crippen LogP contribution in [0.3, 0.4) is 0 Å². The van der Waals surface area contributed by atoms with E-state index >= 15 is 0 Å². The molecule has 4 heteroatoms. The van der Waals surface area contributed by atoms with Crippen molar-refractivity contribution in [3.63, 3.8) is 0 Å². The molecule has 0 amide bonds. The van der Waals surface area contributed by atoms with Gasteiger partial charge in [0.2, 0.25) is 0 Å². The van der Waals surface area contributed by atoms with Crippen LogP contribution in [0.5, 0.6) is 0 Å². The van der Waals surface area contributed by atoms with Crippen LogP contribution in [0.1, 0.15) is 24.4 Å². The molecule has 0 saturated heterocycles. The van der Waals surface area contributed by atoms with Gasteiger partial charge < -0.3 is 5.73 Å². The van der Waals surface area contributed by atoms with Gasteiger partial charge in [0.15, 0.2) is 0 Å². The lowest BCUT2D eigenvalue weighted by atomic mass is 10.4. The molecule has 1 aromatic heterocycles. The van der Waals surface area contributed by atoms with E-state index in [2.05, 4.69) is 5.10 Å². The molecule has 0 unspecified atom stereocenters. The third-order valence-electron chi connectivity index (χ3n) is 1.92. The van der Waals surface area contributed by atoms with Crippen molar-refractivity contribution >= 4 is 11.6 Å². The molecule has 60 valence electrons. The molecule has 0 bridgehead atoms. The Morgan fingerprint density at radius 2 is 2.45 bits per heavy atom. The fourth-order valence-electron chi connectivity index (χ4n) is 1.09. The molecule has 1 saturated carbocycles. The molecule has 0 aliphatic heterocycles. The van der Waals surface area contributed by atoms with Gasteiger partial charge in [-0.1, -0.05) is 11.6 Å². The van der Waals surface area contributed by atoms with Crippen molar-refractivity contribution in [1.29, 1.82) is 0 Å². The van der Waals surface area contributed by atoms with Gasteiger partial charge in [-0.2, -0.15) is 5.10 Å². The van der Waals surface area contributed by atoms with Crippen molar-refractivity contribution in [2.24, 2.45) is 5.73 Å². The third-order valence-corrected chi connectivity index (χ3v) is 2.33. The summed E-state index contributed by atoms with van der Waals surface area (Å²) >= 11 is 5.98. The standard InChI is InChI=1S/C7H10ClN3/c8-7-5(3-9)4-10-11(7)6-1-2-6/h4,6H,1-3,9H2. The quantitative estimate of drug-likeness (QED) is 0.730. The summed E-state index contributed by atoms with van der Waals surface area (Å²) < 4.78 is 1.86. The van der Waals surface area contributed by atoms with Gasteiger partial charge in [-0.05, 0) is 12.8 Å². The fourth-order valence-corrected chi connectivity index (χ4v) is 1.40. The second-order valence-electron chi connectivity index (χ2n) is 2.84. The Morgan fingerprint density at radius 3 is 2.91 bits per heavy atom. The second kappa shape index (κ2) is 2.50. The van der Waals surface area contributed by atoms with Crippen molar-refractivity contribution in [2.75, 3.05) is 0 Å². The van der Waals surface area contributed by atoms with E-state index in [1.165, 1.54) is 12.8 Å². The van der Waals surface area contributed by atoms with Gasteiger partial charge in [-0.3, -0.25) is 4.68 Å². The molecule has 1 aliphatic carbocycles. The zero-order valence-corrected chi connectivity index (χ0v) is 6.88. The molecule has 1 aromatic rings. The molecular weight excluding hydrogens is 162 g/mol. The van der Waals surface area contributed by atoms with Crippen LogP contribution in [0.4, 0.5) is 0 Å². The van der Waals surface area contributed by atoms with E-state index in [0.717, 1.165) is 10.7 Å². The van der Waals surface area contributed by atoms with Crippen LogP contribution in [-0.4, -0.2) is 9.78 Å². The summed E-state index contributed by atoms with van der Waals surface area (Å²) in [6.07, 6.45) is 4.15. The normalized spacial score (nSPS) is 17.3. The Balaban J connectivity index is 2.33. The van der Waals surface area contributed by atoms with Crippen LogP contribution in [0.2, 0.25) is 5.15 Å². The van der Waals surface area contributed by atoms with Crippen molar-refractivity contribution in [3.8, 4) is 0 Å². The van der Waals surface area contributed by atoms with E-state index in [1.54, 1.807) is 6.20 Å². The molecule has 0 spiro atoms. The largest absolute Gasteiger partial charge is 0.326 e. The van der Waals surface area contributed by atoms with Gasteiger partial charge >= 0.3 is 0 Å². The molecule has 0 atom stereocenters. The summed E-state index contributed by atoms with van der Waals surface area (Å²) in [6, 6.07) is 0.544. The number of nitrogens with zero attached hydrogens (tertiary/aromatic N) is 2. The van der Waals surface area contributed by atoms with Gasteiger partial charge in [0.1, 0.15) is 5.15 Å². The Bertz CT molecular complexity index is 265. The maximum Gasteiger partial charge on any atom is 0.131 e. The Labute approximate surface area is 70.1 Å². The van der Waals surface area contributed by atoms with Crippen LogP contribution in [-0.2, 0) is 6.54 Å². The third kappa shape index (κ3) is 1.14. The number of hydrogen-bond donors (Lipinski definition) is 1. The monoisotopic (exact) mass is 171 g/mol. The van der Waals surface area contributed by atoms with E-state index in [4.69, 9.17) is 17.3 Å². The predicted octanol–water partition coefficient (Wildman–Crippen LogP) is 1.33. The summed E-state index contributed by atoms with van der Waals surface area (Å²) in [6.45, 7) is 0.478. The smallest absolute Gasteiger partial charge is 0.131 e. The van der Waals surface area contributed by atoms with E-state index < -0.39 is 0 Å². The van der Waals surface area contributed by atoms with E-state index in [-0.39, 0.29) is 0 Å². The van der Waals surface area contributed by atoms with Crippen molar-refractivity contribution in [1.82, 2.24) is 9.78 Å². The van der Waals surface area contributed by atoms with Gasteiger partial charge in [0.05, 0.1) is 12.2 Å². The maximum atomic E-state index is 5.98. The van der Waals surface area contributed by atoms with Gasteiger partial charge in [-0.15, -0.1) is 0 Å². The number of hydrogen-bond acceptors (Lipinski definition) is 2. The average molecular weight is 172 g/mol. The molecule has 1 heterocycles. The van der Waals surface area contributed by atoms with E-state index in [1.807, 2.05) is 4.68 Å². The molecule has 0 aromatic carbocycles. The summed E-state index contributed by atoms with van der Waals surface area (Å²) in [5.74, 6) is 0. The number of nitrogens with two attached hydrogens (primary N) is 1. The predicted molar refractivity (Wildman–Crippen MR) is 43.4 cm³/mol. The van der Waals surface area contributed by atoms with Gasteiger partial charge in [0.25, 0.3) is 0 Å². The Kier molecular flexibility index (Phi) is 1.62. The molecule has 3 nitrogen and oxygen atoms in total. The lowest BCUT2D eigenvalue weighted by Gasteiger charge is -1.98. The van der Waals surface area contributed by atoms with Crippen LogP contribution in [0.15, 0.2) is 6.20 Å². The first kappa shape index (κ1) is 7.13. The first-order valence-electron chi connectivity index (χ1n) is 3.75. The fraction of sp³-hybridized carbons (Fsp3) is 0.571. The Hall–Kier alpha value is -0.540. The van der Waals surface area contributed by atoms with E-state index in [0.29, 0.717) is 12.6 Å². The summed E-state index contributed by atoms with van der Waals surface area (Å²) in [5.41, 5.74) is 6.39. The molecule has 11 heavy (non-hydrogen) atoms. The van der Waals surface area contributed by atoms with Crippen molar-refractivity contribution < 1.29 is 0 Å². The lowest BCUT2D eigenvalue weighted by Crippen LogP contribution is -1.98. The average Bonchev–Trinajstić information content (AvgIpc) is 2.77. The maximum absolute atomic E-state index is 5.98. The van der Waals surface area contributed by atoms with Crippen LogP contribution >= 0.6 is 11.6 Å². The first-order chi connectivity index (χ1) is 5.33. The molecule has 2 rings (SSSR count). The lowest BCUT2D eigenvalue weighted by molar-refractivity contribution is 0.642. The highest BCUT2D eigenvalue weighted by Gasteiger charge is 2.26. The van der Waals surface area contributed by atoms with Gasteiger partial charge in [0, 0.05) is 12.1 Å². The highest BCUT2D eigenvalue weighted by molar-refractivity contribution is 6.30. The second-order valence-corrected chi connectivity index (χ2v) is 3.20. The number of rotatable bonds is 2. The first-order valence-corrected chi connectivity index (χ1v) is 4.12. The highest BCUT2D eigenvalue weighted by atomic mass is 35.5. The minimum absolute atomic E-state index is 0.478. The van der Waals surface area contributed by atoms with Crippen LogP contribution < -0.4 is 5.73 Å². The molecule has 0 radical (unpaired) electrons. The SMILES string of the molecule is NCc1cnn(C2CC2)c1Cl. The zero-order valence-electron chi connectivity index (χ0n) is 6.13.